The lowest BCUT2D eigenvalue weighted by Crippen LogP contribution is -2.06. The van der Waals surface area contributed by atoms with E-state index in [1.165, 1.54) is 11.3 Å². The first-order valence-corrected chi connectivity index (χ1v) is 6.06. The molecule has 0 unspecified atom stereocenters. The Kier molecular flexibility index (Phi) is 3.14. The zero-order valence-electron chi connectivity index (χ0n) is 9.25. The SMILES string of the molecule is CC(C)n1ccc(CC(=O)c2cscn2)n1. The van der Waals surface area contributed by atoms with E-state index in [1.54, 1.807) is 10.9 Å². The molecule has 0 aliphatic rings. The van der Waals surface area contributed by atoms with E-state index in [-0.39, 0.29) is 5.78 Å². The summed E-state index contributed by atoms with van der Waals surface area (Å²) in [5, 5.41) is 6.10. The van der Waals surface area contributed by atoms with Gasteiger partial charge in [0.1, 0.15) is 5.69 Å². The van der Waals surface area contributed by atoms with Gasteiger partial charge in [-0.25, -0.2) is 4.98 Å². The third-order valence-corrected chi connectivity index (χ3v) is 2.84. The molecule has 84 valence electrons. The first-order valence-electron chi connectivity index (χ1n) is 5.12. The molecule has 0 bridgehead atoms. The maximum atomic E-state index is 11.7. The van der Waals surface area contributed by atoms with Gasteiger partial charge in [0, 0.05) is 17.6 Å². The van der Waals surface area contributed by atoms with Gasteiger partial charge in [-0.15, -0.1) is 11.3 Å². The fraction of sp³-hybridized carbons (Fsp3) is 0.364. The van der Waals surface area contributed by atoms with Crippen LogP contribution < -0.4 is 0 Å². The molecule has 0 spiro atoms. The zero-order chi connectivity index (χ0) is 11.5. The van der Waals surface area contributed by atoms with Crippen LogP contribution >= 0.6 is 11.3 Å². The first-order chi connectivity index (χ1) is 7.66. The number of hydrogen-bond donors (Lipinski definition) is 0. The van der Waals surface area contributed by atoms with Crippen LogP contribution in [0.4, 0.5) is 0 Å². The highest BCUT2D eigenvalue weighted by Gasteiger charge is 2.11. The summed E-state index contributed by atoms with van der Waals surface area (Å²) in [7, 11) is 0. The molecule has 0 aromatic carbocycles. The van der Waals surface area contributed by atoms with Crippen molar-refractivity contribution < 1.29 is 4.79 Å². The number of hydrogen-bond acceptors (Lipinski definition) is 4. The minimum Gasteiger partial charge on any atom is -0.292 e. The standard InChI is InChI=1S/C11H13N3OS/c1-8(2)14-4-3-9(13-14)5-11(15)10-6-16-7-12-10/h3-4,6-8H,5H2,1-2H3. The molecule has 2 aromatic rings. The lowest BCUT2D eigenvalue weighted by atomic mass is 10.2. The smallest absolute Gasteiger partial charge is 0.188 e. The van der Waals surface area contributed by atoms with E-state index < -0.39 is 0 Å². The van der Waals surface area contributed by atoms with Gasteiger partial charge in [-0.2, -0.15) is 5.10 Å². The zero-order valence-corrected chi connectivity index (χ0v) is 10.1. The predicted octanol–water partition coefficient (Wildman–Crippen LogP) is 2.35. The van der Waals surface area contributed by atoms with Gasteiger partial charge < -0.3 is 0 Å². The number of carbonyl (C=O) groups is 1. The minimum atomic E-state index is 0.0234. The second-order valence-corrected chi connectivity index (χ2v) is 4.57. The number of carbonyl (C=O) groups excluding carboxylic acids is 1. The molecule has 2 heterocycles. The van der Waals surface area contributed by atoms with Crippen LogP contribution in [0.2, 0.25) is 0 Å². The number of thiazole rings is 1. The van der Waals surface area contributed by atoms with Crippen molar-refractivity contribution in [3.8, 4) is 0 Å². The molecular weight excluding hydrogens is 222 g/mol. The molecule has 4 nitrogen and oxygen atoms in total. The number of rotatable bonds is 4. The van der Waals surface area contributed by atoms with Crippen molar-refractivity contribution in [2.75, 3.05) is 0 Å². The van der Waals surface area contributed by atoms with Crippen molar-refractivity contribution in [3.63, 3.8) is 0 Å². The minimum absolute atomic E-state index is 0.0234. The van der Waals surface area contributed by atoms with Crippen LogP contribution in [0, 0.1) is 0 Å². The van der Waals surface area contributed by atoms with Crippen molar-refractivity contribution >= 4 is 17.1 Å². The quantitative estimate of drug-likeness (QED) is 0.764. The van der Waals surface area contributed by atoms with Crippen LogP contribution in [0.1, 0.15) is 36.1 Å². The van der Waals surface area contributed by atoms with Crippen LogP contribution in [-0.4, -0.2) is 20.5 Å². The predicted molar refractivity (Wildman–Crippen MR) is 62.8 cm³/mol. The van der Waals surface area contributed by atoms with Crippen molar-refractivity contribution in [1.82, 2.24) is 14.8 Å². The van der Waals surface area contributed by atoms with Gasteiger partial charge in [-0.3, -0.25) is 9.48 Å². The average Bonchev–Trinajstić information content (AvgIpc) is 2.87. The van der Waals surface area contributed by atoms with Gasteiger partial charge in [0.15, 0.2) is 5.78 Å². The Hall–Kier alpha value is -1.49. The van der Waals surface area contributed by atoms with Crippen LogP contribution in [0.3, 0.4) is 0 Å². The molecule has 5 heteroatoms. The molecule has 2 aromatic heterocycles. The summed E-state index contributed by atoms with van der Waals surface area (Å²) in [6, 6.07) is 2.20. The molecule has 0 fully saturated rings. The Morgan fingerprint density at radius 3 is 2.94 bits per heavy atom. The third-order valence-electron chi connectivity index (χ3n) is 2.25. The number of nitrogens with zero attached hydrogens (tertiary/aromatic N) is 3. The van der Waals surface area contributed by atoms with Crippen molar-refractivity contribution in [1.29, 1.82) is 0 Å². The molecule has 0 atom stereocenters. The van der Waals surface area contributed by atoms with Crippen molar-refractivity contribution in [2.45, 2.75) is 26.3 Å². The highest BCUT2D eigenvalue weighted by molar-refractivity contribution is 7.07. The fourth-order valence-corrected chi connectivity index (χ4v) is 1.92. The number of Topliss-reactive ketones (excluding diaryl/α,β-unsaturated/α-hetero) is 1. The van der Waals surface area contributed by atoms with Gasteiger partial charge in [0.2, 0.25) is 0 Å². The molecule has 0 N–H and O–H groups in total. The monoisotopic (exact) mass is 235 g/mol. The molecule has 16 heavy (non-hydrogen) atoms. The summed E-state index contributed by atoms with van der Waals surface area (Å²) >= 11 is 1.43. The third kappa shape index (κ3) is 2.36. The maximum Gasteiger partial charge on any atom is 0.188 e. The maximum absolute atomic E-state index is 11.7. The van der Waals surface area contributed by atoms with Gasteiger partial charge in [-0.1, -0.05) is 0 Å². The Labute approximate surface area is 97.9 Å². The summed E-state index contributed by atoms with van der Waals surface area (Å²) in [6.07, 6.45) is 2.22. The van der Waals surface area contributed by atoms with E-state index >= 15 is 0 Å². The lowest BCUT2D eigenvalue weighted by Gasteiger charge is -2.03. The normalized spacial score (nSPS) is 10.9. The number of aromatic nitrogens is 3. The summed E-state index contributed by atoms with van der Waals surface area (Å²) < 4.78 is 1.85. The van der Waals surface area contributed by atoms with E-state index in [0.29, 0.717) is 18.2 Å². The summed E-state index contributed by atoms with van der Waals surface area (Å²) in [6.45, 7) is 4.11. The Morgan fingerprint density at radius 2 is 2.38 bits per heavy atom. The molecule has 2 rings (SSSR count). The first kappa shape index (κ1) is 11.0. The van der Waals surface area contributed by atoms with Crippen molar-refractivity contribution in [3.05, 3.63) is 34.5 Å². The van der Waals surface area contributed by atoms with Crippen molar-refractivity contribution in [2.24, 2.45) is 0 Å². The molecule has 0 saturated heterocycles. The van der Waals surface area contributed by atoms with Gasteiger partial charge in [0.05, 0.1) is 17.6 Å². The van der Waals surface area contributed by atoms with Crippen LogP contribution in [0.5, 0.6) is 0 Å². The Bertz CT molecular complexity index is 473. The second-order valence-electron chi connectivity index (χ2n) is 3.85. The van der Waals surface area contributed by atoms with Gasteiger partial charge in [-0.05, 0) is 19.9 Å². The van der Waals surface area contributed by atoms with Crippen LogP contribution in [0.15, 0.2) is 23.2 Å². The second kappa shape index (κ2) is 4.57. The van der Waals surface area contributed by atoms with Crippen LogP contribution in [0.25, 0.3) is 0 Å². The highest BCUT2D eigenvalue weighted by atomic mass is 32.1. The lowest BCUT2D eigenvalue weighted by molar-refractivity contribution is 0.0987. The Balaban J connectivity index is 2.07. The summed E-state index contributed by atoms with van der Waals surface area (Å²) in [4.78, 5) is 15.7. The number of ketones is 1. The molecular formula is C11H13N3OS. The topological polar surface area (TPSA) is 47.8 Å². The van der Waals surface area contributed by atoms with E-state index in [9.17, 15) is 4.79 Å². The van der Waals surface area contributed by atoms with E-state index in [4.69, 9.17) is 0 Å². The average molecular weight is 235 g/mol. The summed E-state index contributed by atoms with van der Waals surface area (Å²) in [5.74, 6) is 0.0234. The van der Waals surface area contributed by atoms with Crippen LogP contribution in [-0.2, 0) is 6.42 Å². The highest BCUT2D eigenvalue weighted by Crippen LogP contribution is 2.08. The van der Waals surface area contributed by atoms with E-state index in [0.717, 1.165) is 5.69 Å². The molecule has 0 saturated carbocycles. The Morgan fingerprint density at radius 1 is 1.56 bits per heavy atom. The molecule has 0 aliphatic carbocycles. The van der Waals surface area contributed by atoms with Gasteiger partial charge in [0.25, 0.3) is 0 Å². The molecule has 0 radical (unpaired) electrons. The molecule has 0 aliphatic heterocycles. The van der Waals surface area contributed by atoms with E-state index in [1.807, 2.05) is 16.9 Å². The fourth-order valence-electron chi connectivity index (χ4n) is 1.36. The summed E-state index contributed by atoms with van der Waals surface area (Å²) in [5.41, 5.74) is 3.00. The van der Waals surface area contributed by atoms with Gasteiger partial charge >= 0.3 is 0 Å². The largest absolute Gasteiger partial charge is 0.292 e. The molecule has 0 amide bonds. The van der Waals surface area contributed by atoms with E-state index in [2.05, 4.69) is 23.9 Å².